The Bertz CT molecular complexity index is 979. The minimum atomic E-state index is -0.346. The van der Waals surface area contributed by atoms with Crippen LogP contribution in [0.4, 0.5) is 5.69 Å². The summed E-state index contributed by atoms with van der Waals surface area (Å²) in [5.41, 5.74) is 3.72. The Morgan fingerprint density at radius 2 is 1.68 bits per heavy atom. The van der Waals surface area contributed by atoms with E-state index in [1.54, 1.807) is 9.80 Å². The number of fused-ring (bicyclic) bond motifs is 1. The van der Waals surface area contributed by atoms with Crippen LogP contribution in [0.3, 0.4) is 0 Å². The van der Waals surface area contributed by atoms with Crippen LogP contribution >= 0.6 is 0 Å². The van der Waals surface area contributed by atoms with Gasteiger partial charge in [0.05, 0.1) is 5.92 Å². The molecule has 4 rings (SSSR count). The third kappa shape index (κ3) is 4.63. The molecule has 31 heavy (non-hydrogen) atoms. The molecule has 2 heterocycles. The Balaban J connectivity index is 1.28. The van der Waals surface area contributed by atoms with Crippen LogP contribution in [-0.2, 0) is 20.7 Å². The molecule has 0 unspecified atom stereocenters. The van der Waals surface area contributed by atoms with Crippen LogP contribution in [0.1, 0.15) is 40.7 Å². The van der Waals surface area contributed by atoms with E-state index >= 15 is 0 Å². The van der Waals surface area contributed by atoms with Gasteiger partial charge in [-0.25, -0.2) is 0 Å². The number of rotatable bonds is 4. The van der Waals surface area contributed by atoms with E-state index in [2.05, 4.69) is 0 Å². The molecule has 162 valence electrons. The van der Waals surface area contributed by atoms with Gasteiger partial charge in [0.1, 0.15) is 0 Å². The zero-order valence-electron chi connectivity index (χ0n) is 17.9. The monoisotopic (exact) mass is 420 g/mol. The normalized spacial score (nSPS) is 16.5. The zero-order valence-corrected chi connectivity index (χ0v) is 17.9. The lowest BCUT2D eigenvalue weighted by atomic mass is 9.96. The van der Waals surface area contributed by atoms with Crippen LogP contribution < -0.4 is 4.90 Å². The van der Waals surface area contributed by atoms with Gasteiger partial charge in [0.25, 0.3) is 11.8 Å². The average Bonchev–Trinajstić information content (AvgIpc) is 2.82. The van der Waals surface area contributed by atoms with Gasteiger partial charge < -0.3 is 14.5 Å². The Morgan fingerprint density at radius 3 is 2.45 bits per heavy atom. The van der Waals surface area contributed by atoms with Crippen molar-refractivity contribution >= 4 is 23.5 Å². The third-order valence-electron chi connectivity index (χ3n) is 6.24. The number of hydrogen-bond acceptors (Lipinski definition) is 4. The molecule has 6 heteroatoms. The summed E-state index contributed by atoms with van der Waals surface area (Å²) in [6, 6.07) is 15.4. The van der Waals surface area contributed by atoms with Crippen molar-refractivity contribution in [2.75, 3.05) is 31.1 Å². The lowest BCUT2D eigenvalue weighted by Crippen LogP contribution is -2.42. The molecule has 2 aromatic rings. The second-order valence-corrected chi connectivity index (χ2v) is 8.27. The largest absolute Gasteiger partial charge is 0.455 e. The van der Waals surface area contributed by atoms with Gasteiger partial charge in [-0.1, -0.05) is 36.4 Å². The zero-order chi connectivity index (χ0) is 21.8. The highest BCUT2D eigenvalue weighted by Crippen LogP contribution is 2.27. The molecule has 0 bridgehead atoms. The molecule has 0 N–H and O–H groups in total. The fourth-order valence-corrected chi connectivity index (χ4v) is 4.42. The smallest absolute Gasteiger partial charge is 0.309 e. The summed E-state index contributed by atoms with van der Waals surface area (Å²) >= 11 is 0. The lowest BCUT2D eigenvalue weighted by molar-refractivity contribution is -0.153. The number of piperidine rings is 1. The van der Waals surface area contributed by atoms with Crippen molar-refractivity contribution < 1.29 is 19.1 Å². The quantitative estimate of drug-likeness (QED) is 0.712. The Morgan fingerprint density at radius 1 is 0.968 bits per heavy atom. The molecule has 1 fully saturated rings. The average molecular weight is 421 g/mol. The number of nitrogens with zero attached hydrogens (tertiary/aromatic N) is 2. The molecule has 0 aliphatic carbocycles. The number of para-hydroxylation sites is 1. The molecule has 2 amide bonds. The van der Waals surface area contributed by atoms with Crippen molar-refractivity contribution in [2.45, 2.75) is 32.6 Å². The maximum Gasteiger partial charge on any atom is 0.309 e. The first kappa shape index (κ1) is 21.1. The molecular weight excluding hydrogens is 392 g/mol. The minimum absolute atomic E-state index is 0.00357. The molecule has 2 aromatic carbocycles. The summed E-state index contributed by atoms with van der Waals surface area (Å²) in [5.74, 6) is -0.805. The first-order chi connectivity index (χ1) is 15.0. The van der Waals surface area contributed by atoms with Gasteiger partial charge in [-0.05, 0) is 55.9 Å². The molecule has 1 saturated heterocycles. The number of esters is 1. The van der Waals surface area contributed by atoms with E-state index in [1.807, 2.05) is 55.5 Å². The molecule has 2 aliphatic rings. The van der Waals surface area contributed by atoms with Crippen molar-refractivity contribution in [2.24, 2.45) is 5.92 Å². The molecule has 0 saturated carbocycles. The highest BCUT2D eigenvalue weighted by Gasteiger charge is 2.30. The van der Waals surface area contributed by atoms with Crippen molar-refractivity contribution in [3.05, 3.63) is 65.2 Å². The molecule has 0 radical (unpaired) electrons. The van der Waals surface area contributed by atoms with E-state index in [9.17, 15) is 14.4 Å². The van der Waals surface area contributed by atoms with E-state index in [0.29, 0.717) is 38.0 Å². The number of likely N-dealkylation sites (tertiary alicyclic amines) is 1. The van der Waals surface area contributed by atoms with Crippen molar-refractivity contribution in [3.8, 4) is 0 Å². The predicted octanol–water partition coefficient (Wildman–Crippen LogP) is 3.37. The van der Waals surface area contributed by atoms with Crippen LogP contribution in [0.5, 0.6) is 0 Å². The van der Waals surface area contributed by atoms with Gasteiger partial charge in [-0.3, -0.25) is 14.4 Å². The Hall–Kier alpha value is -3.15. The second kappa shape index (κ2) is 9.33. The highest BCUT2D eigenvalue weighted by molar-refractivity contribution is 5.97. The molecule has 2 aliphatic heterocycles. The van der Waals surface area contributed by atoms with Crippen LogP contribution in [0, 0.1) is 12.8 Å². The van der Waals surface area contributed by atoms with Crippen LogP contribution in [0.15, 0.2) is 48.5 Å². The number of hydrogen-bond donors (Lipinski definition) is 0. The fraction of sp³-hybridized carbons (Fsp3) is 0.400. The minimum Gasteiger partial charge on any atom is -0.455 e. The topological polar surface area (TPSA) is 66.9 Å². The van der Waals surface area contributed by atoms with Gasteiger partial charge in [0.2, 0.25) is 0 Å². The highest BCUT2D eigenvalue weighted by atomic mass is 16.5. The van der Waals surface area contributed by atoms with Crippen molar-refractivity contribution in [3.63, 3.8) is 0 Å². The second-order valence-electron chi connectivity index (χ2n) is 8.27. The van der Waals surface area contributed by atoms with Gasteiger partial charge in [0, 0.05) is 30.9 Å². The molecule has 0 spiro atoms. The number of ether oxygens (including phenoxy) is 1. The standard InChI is InChI=1S/C25H28N2O4/c1-18-7-2-4-10-21(18)24(29)26-15-12-20(13-16-26)25(30)31-17-23(28)27-14-6-9-19-8-3-5-11-22(19)27/h2-5,7-8,10-11,20H,6,9,12-17H2,1H3. The Labute approximate surface area is 182 Å². The van der Waals surface area contributed by atoms with E-state index in [1.165, 1.54) is 0 Å². The summed E-state index contributed by atoms with van der Waals surface area (Å²) in [4.78, 5) is 41.5. The Kier molecular flexibility index (Phi) is 6.35. The summed E-state index contributed by atoms with van der Waals surface area (Å²) in [7, 11) is 0. The number of benzene rings is 2. The van der Waals surface area contributed by atoms with Gasteiger partial charge >= 0.3 is 5.97 Å². The van der Waals surface area contributed by atoms with Gasteiger partial charge in [-0.2, -0.15) is 0 Å². The van der Waals surface area contributed by atoms with E-state index in [-0.39, 0.29) is 30.3 Å². The SMILES string of the molecule is Cc1ccccc1C(=O)N1CCC(C(=O)OCC(=O)N2CCCc3ccccc32)CC1. The van der Waals surface area contributed by atoms with Crippen LogP contribution in [-0.4, -0.2) is 48.9 Å². The summed E-state index contributed by atoms with van der Waals surface area (Å²) < 4.78 is 5.38. The van der Waals surface area contributed by atoms with Crippen LogP contribution in [0.2, 0.25) is 0 Å². The summed E-state index contributed by atoms with van der Waals surface area (Å²) in [5, 5.41) is 0. The number of aryl methyl sites for hydroxylation is 2. The fourth-order valence-electron chi connectivity index (χ4n) is 4.42. The van der Waals surface area contributed by atoms with Crippen LogP contribution in [0.25, 0.3) is 0 Å². The third-order valence-corrected chi connectivity index (χ3v) is 6.24. The van der Waals surface area contributed by atoms with E-state index in [0.717, 1.165) is 29.7 Å². The van der Waals surface area contributed by atoms with Crippen molar-refractivity contribution in [1.29, 1.82) is 0 Å². The predicted molar refractivity (Wildman–Crippen MR) is 118 cm³/mol. The van der Waals surface area contributed by atoms with E-state index in [4.69, 9.17) is 4.74 Å². The maximum absolute atomic E-state index is 12.7. The number of carbonyl (C=O) groups is 3. The van der Waals surface area contributed by atoms with E-state index < -0.39 is 0 Å². The number of anilines is 1. The van der Waals surface area contributed by atoms with Gasteiger partial charge in [0.15, 0.2) is 6.61 Å². The first-order valence-corrected chi connectivity index (χ1v) is 10.9. The maximum atomic E-state index is 12.7. The molecular formula is C25H28N2O4. The first-order valence-electron chi connectivity index (χ1n) is 10.9. The summed E-state index contributed by atoms with van der Waals surface area (Å²) in [6.45, 7) is 3.36. The summed E-state index contributed by atoms with van der Waals surface area (Å²) in [6.07, 6.45) is 2.97. The lowest BCUT2D eigenvalue weighted by Gasteiger charge is -2.32. The van der Waals surface area contributed by atoms with Gasteiger partial charge in [-0.15, -0.1) is 0 Å². The van der Waals surface area contributed by atoms with Crippen molar-refractivity contribution in [1.82, 2.24) is 4.90 Å². The number of carbonyl (C=O) groups excluding carboxylic acids is 3. The number of amides is 2. The molecule has 0 aromatic heterocycles. The molecule has 0 atom stereocenters. The molecule has 6 nitrogen and oxygen atoms in total.